The summed E-state index contributed by atoms with van der Waals surface area (Å²) in [4.78, 5) is 29.4. The molecule has 7 heteroatoms. The number of carbonyl (C=O) groups excluding carboxylic acids is 2. The van der Waals surface area contributed by atoms with E-state index in [-0.39, 0.29) is 30.6 Å². The number of ether oxygens (including phenoxy) is 1. The van der Waals surface area contributed by atoms with Crippen molar-refractivity contribution in [3.8, 4) is 0 Å². The van der Waals surface area contributed by atoms with Gasteiger partial charge in [-0.2, -0.15) is 0 Å². The van der Waals surface area contributed by atoms with Gasteiger partial charge in [-0.1, -0.05) is 12.1 Å². The highest BCUT2D eigenvalue weighted by Gasteiger charge is 2.27. The molecule has 1 atom stereocenters. The Labute approximate surface area is 178 Å². The summed E-state index contributed by atoms with van der Waals surface area (Å²) < 4.78 is 11.2. The van der Waals surface area contributed by atoms with E-state index < -0.39 is 0 Å². The molecule has 1 aliphatic heterocycles. The van der Waals surface area contributed by atoms with Gasteiger partial charge in [0.2, 0.25) is 5.91 Å². The number of benzene rings is 1. The van der Waals surface area contributed by atoms with Crippen LogP contribution in [0.5, 0.6) is 0 Å². The first-order valence-electron chi connectivity index (χ1n) is 10.5. The number of aryl methyl sites for hydroxylation is 1. The Kier molecular flexibility index (Phi) is 7.52. The Bertz CT molecular complexity index is 829. The summed E-state index contributed by atoms with van der Waals surface area (Å²) in [5, 5.41) is 2.90. The minimum absolute atomic E-state index is 0.0112. The summed E-state index contributed by atoms with van der Waals surface area (Å²) in [6.07, 6.45) is 3.56. The van der Waals surface area contributed by atoms with E-state index in [2.05, 4.69) is 5.32 Å². The molecule has 0 unspecified atom stereocenters. The fourth-order valence-electron chi connectivity index (χ4n) is 3.53. The van der Waals surface area contributed by atoms with Crippen molar-refractivity contribution in [2.45, 2.75) is 52.3 Å². The zero-order valence-electron chi connectivity index (χ0n) is 18.0. The molecule has 0 aliphatic carbocycles. The van der Waals surface area contributed by atoms with E-state index in [0.717, 1.165) is 25.0 Å². The van der Waals surface area contributed by atoms with E-state index in [4.69, 9.17) is 9.15 Å². The van der Waals surface area contributed by atoms with Gasteiger partial charge in [0.25, 0.3) is 0 Å². The summed E-state index contributed by atoms with van der Waals surface area (Å²) in [7, 11) is 0. The van der Waals surface area contributed by atoms with E-state index in [0.29, 0.717) is 24.5 Å². The Morgan fingerprint density at radius 3 is 2.70 bits per heavy atom. The first-order valence-corrected chi connectivity index (χ1v) is 10.5. The molecule has 1 aromatic carbocycles. The Hall–Kier alpha value is -2.80. The zero-order valence-corrected chi connectivity index (χ0v) is 18.0. The van der Waals surface area contributed by atoms with Crippen molar-refractivity contribution in [3.05, 3.63) is 54.0 Å². The Balaban J connectivity index is 1.68. The molecule has 3 amide bonds. The summed E-state index contributed by atoms with van der Waals surface area (Å²) in [6, 6.07) is 10.8. The maximum absolute atomic E-state index is 13.2. The topological polar surface area (TPSA) is 75.0 Å². The van der Waals surface area contributed by atoms with Gasteiger partial charge in [-0.15, -0.1) is 0 Å². The maximum Gasteiger partial charge on any atom is 0.322 e. The van der Waals surface area contributed by atoms with Crippen LogP contribution in [0.3, 0.4) is 0 Å². The standard InChI is InChI=1S/C23H31N3O4/c1-17(2)26(23(28)24-19-8-4-7-18(3)13-19)16-22(27)25(14-20-9-5-11-29-20)15-21-10-6-12-30-21/h4-5,7-9,11,13,17,21H,6,10,12,14-16H2,1-3H3,(H,24,28)/t21-/m0/s1. The van der Waals surface area contributed by atoms with Gasteiger partial charge in [-0.3, -0.25) is 4.79 Å². The fourth-order valence-corrected chi connectivity index (χ4v) is 3.53. The predicted molar refractivity (Wildman–Crippen MR) is 115 cm³/mol. The van der Waals surface area contributed by atoms with E-state index in [9.17, 15) is 9.59 Å². The number of hydrogen-bond acceptors (Lipinski definition) is 4. The minimum Gasteiger partial charge on any atom is -0.467 e. The van der Waals surface area contributed by atoms with Gasteiger partial charge in [-0.05, 0) is 63.4 Å². The SMILES string of the molecule is Cc1cccc(NC(=O)N(CC(=O)N(Cc2ccco2)C[C@@H]2CCCO2)C(C)C)c1. The van der Waals surface area contributed by atoms with Crippen LogP contribution in [-0.4, -0.2) is 53.6 Å². The van der Waals surface area contributed by atoms with Crippen LogP contribution in [0.25, 0.3) is 0 Å². The highest BCUT2D eigenvalue weighted by Crippen LogP contribution is 2.17. The predicted octanol–water partition coefficient (Wildman–Crippen LogP) is 4.04. The second-order valence-corrected chi connectivity index (χ2v) is 8.01. The molecule has 0 saturated carbocycles. The van der Waals surface area contributed by atoms with Crippen molar-refractivity contribution >= 4 is 17.6 Å². The number of carbonyl (C=O) groups is 2. The molecule has 162 valence electrons. The molecule has 0 radical (unpaired) electrons. The number of hydrogen-bond donors (Lipinski definition) is 1. The first-order chi connectivity index (χ1) is 14.4. The molecule has 0 bridgehead atoms. The minimum atomic E-state index is -0.293. The highest BCUT2D eigenvalue weighted by atomic mass is 16.5. The van der Waals surface area contributed by atoms with Gasteiger partial charge in [0.05, 0.1) is 18.9 Å². The molecular weight excluding hydrogens is 382 g/mol. The number of furan rings is 1. The van der Waals surface area contributed by atoms with Gasteiger partial charge in [0.1, 0.15) is 12.3 Å². The second-order valence-electron chi connectivity index (χ2n) is 8.01. The molecule has 0 spiro atoms. The average Bonchev–Trinajstić information content (AvgIpc) is 3.39. The van der Waals surface area contributed by atoms with Crippen LogP contribution >= 0.6 is 0 Å². The van der Waals surface area contributed by atoms with E-state index >= 15 is 0 Å². The lowest BCUT2D eigenvalue weighted by Crippen LogP contribution is -2.48. The molecule has 1 fully saturated rings. The largest absolute Gasteiger partial charge is 0.467 e. The smallest absolute Gasteiger partial charge is 0.322 e. The molecule has 30 heavy (non-hydrogen) atoms. The lowest BCUT2D eigenvalue weighted by atomic mass is 10.2. The first kappa shape index (κ1) is 21.9. The molecule has 1 aromatic heterocycles. The number of nitrogens with zero attached hydrogens (tertiary/aromatic N) is 2. The highest BCUT2D eigenvalue weighted by molar-refractivity contribution is 5.92. The molecule has 1 N–H and O–H groups in total. The number of anilines is 1. The summed E-state index contributed by atoms with van der Waals surface area (Å²) in [5.74, 6) is 0.580. The Morgan fingerprint density at radius 2 is 2.07 bits per heavy atom. The summed E-state index contributed by atoms with van der Waals surface area (Å²) in [6.45, 7) is 7.34. The lowest BCUT2D eigenvalue weighted by Gasteiger charge is -2.31. The Morgan fingerprint density at radius 1 is 1.23 bits per heavy atom. The molecule has 3 rings (SSSR count). The fraction of sp³-hybridized carbons (Fsp3) is 0.478. The van der Waals surface area contributed by atoms with Crippen molar-refractivity contribution in [1.82, 2.24) is 9.80 Å². The zero-order chi connectivity index (χ0) is 21.5. The van der Waals surface area contributed by atoms with Crippen LogP contribution in [0, 0.1) is 6.92 Å². The van der Waals surface area contributed by atoms with Crippen LogP contribution in [0.1, 0.15) is 38.0 Å². The summed E-state index contributed by atoms with van der Waals surface area (Å²) >= 11 is 0. The van der Waals surface area contributed by atoms with Gasteiger partial charge >= 0.3 is 6.03 Å². The third-order valence-corrected chi connectivity index (χ3v) is 5.19. The number of nitrogens with one attached hydrogen (secondary N) is 1. The molecule has 7 nitrogen and oxygen atoms in total. The van der Waals surface area contributed by atoms with Crippen LogP contribution < -0.4 is 5.32 Å². The molecule has 1 saturated heterocycles. The number of rotatable bonds is 8. The number of amides is 3. The van der Waals surface area contributed by atoms with E-state index in [1.807, 2.05) is 51.1 Å². The third-order valence-electron chi connectivity index (χ3n) is 5.19. The maximum atomic E-state index is 13.2. The van der Waals surface area contributed by atoms with Gasteiger partial charge in [0, 0.05) is 24.9 Å². The van der Waals surface area contributed by atoms with Crippen molar-refractivity contribution in [2.24, 2.45) is 0 Å². The molecule has 2 aromatic rings. The summed E-state index contributed by atoms with van der Waals surface area (Å²) in [5.41, 5.74) is 1.77. The average molecular weight is 414 g/mol. The van der Waals surface area contributed by atoms with Crippen LogP contribution in [0.4, 0.5) is 10.5 Å². The van der Waals surface area contributed by atoms with Crippen molar-refractivity contribution in [2.75, 3.05) is 25.0 Å². The lowest BCUT2D eigenvalue weighted by molar-refractivity contribution is -0.134. The third kappa shape index (κ3) is 6.10. The van der Waals surface area contributed by atoms with Gasteiger partial charge in [-0.25, -0.2) is 4.79 Å². The van der Waals surface area contributed by atoms with Crippen molar-refractivity contribution < 1.29 is 18.7 Å². The van der Waals surface area contributed by atoms with Gasteiger partial charge < -0.3 is 24.3 Å². The molecular formula is C23H31N3O4. The molecule has 2 heterocycles. The molecule has 1 aliphatic rings. The van der Waals surface area contributed by atoms with Crippen LogP contribution in [0.15, 0.2) is 47.1 Å². The van der Waals surface area contributed by atoms with Crippen LogP contribution in [0.2, 0.25) is 0 Å². The van der Waals surface area contributed by atoms with Crippen molar-refractivity contribution in [1.29, 1.82) is 0 Å². The quantitative estimate of drug-likeness (QED) is 0.709. The van der Waals surface area contributed by atoms with E-state index in [1.54, 1.807) is 22.1 Å². The monoisotopic (exact) mass is 413 g/mol. The van der Waals surface area contributed by atoms with E-state index in [1.165, 1.54) is 0 Å². The van der Waals surface area contributed by atoms with Crippen LogP contribution in [-0.2, 0) is 16.1 Å². The number of urea groups is 1. The second kappa shape index (κ2) is 10.3. The van der Waals surface area contributed by atoms with Gasteiger partial charge in [0.15, 0.2) is 0 Å². The van der Waals surface area contributed by atoms with Crippen molar-refractivity contribution in [3.63, 3.8) is 0 Å². The normalized spacial score (nSPS) is 15.9.